The lowest BCUT2D eigenvalue weighted by molar-refractivity contribution is -0.138. The average molecular weight is 396 g/mol. The van der Waals surface area contributed by atoms with Gasteiger partial charge in [0.25, 0.3) is 0 Å². The molecule has 4 unspecified atom stereocenters. The molecule has 0 saturated heterocycles. The van der Waals surface area contributed by atoms with Gasteiger partial charge < -0.3 is 31.8 Å². The van der Waals surface area contributed by atoms with Crippen molar-refractivity contribution in [1.82, 2.24) is 25.9 Å². The normalized spacial score (nSPS) is 15.0. The number of aliphatic carboxylic acids is 1. The van der Waals surface area contributed by atoms with Crippen LogP contribution < -0.4 is 21.7 Å². The summed E-state index contributed by atoms with van der Waals surface area (Å²) >= 11 is 0. The Morgan fingerprint density at radius 3 is 2.39 bits per heavy atom. The van der Waals surface area contributed by atoms with Gasteiger partial charge in [0.15, 0.2) is 0 Å². The predicted octanol–water partition coefficient (Wildman–Crippen LogP) is -1.48. The number of rotatable bonds is 11. The molecule has 4 atom stereocenters. The van der Waals surface area contributed by atoms with E-state index in [2.05, 4.69) is 25.9 Å². The number of carbonyl (C=O) groups excluding carboxylic acids is 3. The first-order chi connectivity index (χ1) is 13.1. The van der Waals surface area contributed by atoms with Crippen LogP contribution in [0.15, 0.2) is 12.5 Å². The highest BCUT2D eigenvalue weighted by Gasteiger charge is 2.28. The monoisotopic (exact) mass is 396 g/mol. The fourth-order valence-corrected chi connectivity index (χ4v) is 2.30. The van der Waals surface area contributed by atoms with Crippen LogP contribution in [0.1, 0.15) is 32.9 Å². The molecule has 1 heterocycles. The Morgan fingerprint density at radius 1 is 1.18 bits per heavy atom. The lowest BCUT2D eigenvalue weighted by Crippen LogP contribution is -2.56. The van der Waals surface area contributed by atoms with E-state index in [-0.39, 0.29) is 12.3 Å². The van der Waals surface area contributed by atoms with E-state index in [1.165, 1.54) is 19.4 Å². The maximum atomic E-state index is 12.6. The van der Waals surface area contributed by atoms with Gasteiger partial charge >= 0.3 is 5.97 Å². The molecule has 7 N–H and O–H groups in total. The van der Waals surface area contributed by atoms with Crippen LogP contribution in [0.3, 0.4) is 0 Å². The van der Waals surface area contributed by atoms with Gasteiger partial charge in [-0.1, -0.05) is 20.3 Å². The number of hydrogen-bond acceptors (Lipinski definition) is 6. The standard InChI is InChI=1S/C17H28N6O5/c1-4-9(2)14(18)17(28)23-12(5-11-6-19-8-21-11)16(27)22-10(3)15(26)20-7-13(24)25/h6,8-10,12,14H,4-5,7,18H2,1-3H3,(H,19,21)(H,20,26)(H,22,27)(H,23,28)(H,24,25). The van der Waals surface area contributed by atoms with Crippen LogP contribution in [0.4, 0.5) is 0 Å². The molecule has 0 aliphatic heterocycles. The molecule has 11 nitrogen and oxygen atoms in total. The van der Waals surface area contributed by atoms with Crippen LogP contribution in [0.2, 0.25) is 0 Å². The van der Waals surface area contributed by atoms with Crippen LogP contribution in [0.5, 0.6) is 0 Å². The molecule has 1 rings (SSSR count). The van der Waals surface area contributed by atoms with Crippen molar-refractivity contribution in [2.45, 2.75) is 51.7 Å². The highest BCUT2D eigenvalue weighted by Crippen LogP contribution is 2.07. The van der Waals surface area contributed by atoms with E-state index in [1.807, 2.05) is 13.8 Å². The Morgan fingerprint density at radius 2 is 1.86 bits per heavy atom. The van der Waals surface area contributed by atoms with Crippen molar-refractivity contribution in [2.24, 2.45) is 11.7 Å². The molecular weight excluding hydrogens is 368 g/mol. The number of nitrogens with zero attached hydrogens (tertiary/aromatic N) is 1. The summed E-state index contributed by atoms with van der Waals surface area (Å²) in [5, 5.41) is 15.9. The zero-order valence-electron chi connectivity index (χ0n) is 16.2. The molecule has 28 heavy (non-hydrogen) atoms. The maximum absolute atomic E-state index is 12.6. The van der Waals surface area contributed by atoms with E-state index < -0.39 is 48.4 Å². The number of aromatic amines is 1. The maximum Gasteiger partial charge on any atom is 0.322 e. The van der Waals surface area contributed by atoms with Crippen molar-refractivity contribution in [3.8, 4) is 0 Å². The van der Waals surface area contributed by atoms with Gasteiger partial charge in [-0.25, -0.2) is 4.98 Å². The lowest BCUT2D eigenvalue weighted by Gasteiger charge is -2.24. The molecule has 0 radical (unpaired) electrons. The minimum absolute atomic E-state index is 0.0726. The van der Waals surface area contributed by atoms with Crippen LogP contribution in [0.25, 0.3) is 0 Å². The third-order valence-corrected chi connectivity index (χ3v) is 4.34. The molecule has 3 amide bonds. The summed E-state index contributed by atoms with van der Waals surface area (Å²) in [7, 11) is 0. The molecule has 0 saturated carbocycles. The second kappa shape index (κ2) is 11.0. The number of amides is 3. The quantitative estimate of drug-likeness (QED) is 0.264. The first-order valence-electron chi connectivity index (χ1n) is 8.98. The molecule has 156 valence electrons. The summed E-state index contributed by atoms with van der Waals surface area (Å²) in [5.41, 5.74) is 6.54. The van der Waals surface area contributed by atoms with Crippen LogP contribution >= 0.6 is 0 Å². The van der Waals surface area contributed by atoms with E-state index in [4.69, 9.17) is 10.8 Å². The minimum Gasteiger partial charge on any atom is -0.480 e. The van der Waals surface area contributed by atoms with Crippen LogP contribution in [-0.4, -0.2) is 63.4 Å². The fraction of sp³-hybridized carbons (Fsp3) is 0.588. The Kier molecular flexibility index (Phi) is 9.09. The summed E-state index contributed by atoms with van der Waals surface area (Å²) in [6.45, 7) is 4.60. The Labute approximate surface area is 162 Å². The SMILES string of the molecule is CCC(C)C(N)C(=O)NC(Cc1cnc[nH]1)C(=O)NC(C)C(=O)NCC(=O)O. The molecule has 1 aromatic heterocycles. The van der Waals surface area contributed by atoms with E-state index >= 15 is 0 Å². The second-order valence-corrected chi connectivity index (χ2v) is 6.60. The van der Waals surface area contributed by atoms with E-state index in [1.54, 1.807) is 0 Å². The summed E-state index contributed by atoms with van der Waals surface area (Å²) in [5.74, 6) is -3.00. The van der Waals surface area contributed by atoms with Gasteiger partial charge in [0.05, 0.1) is 12.4 Å². The summed E-state index contributed by atoms with van der Waals surface area (Å²) in [6.07, 6.45) is 3.78. The van der Waals surface area contributed by atoms with Gasteiger partial charge in [-0.15, -0.1) is 0 Å². The third kappa shape index (κ3) is 7.35. The smallest absolute Gasteiger partial charge is 0.322 e. The molecule has 0 spiro atoms. The van der Waals surface area contributed by atoms with Crippen molar-refractivity contribution in [3.63, 3.8) is 0 Å². The van der Waals surface area contributed by atoms with Gasteiger partial charge in [-0.05, 0) is 12.8 Å². The zero-order chi connectivity index (χ0) is 21.3. The Balaban J connectivity index is 2.80. The van der Waals surface area contributed by atoms with Gasteiger partial charge in [0.2, 0.25) is 17.7 Å². The fourth-order valence-electron chi connectivity index (χ4n) is 2.30. The number of hydrogen-bond donors (Lipinski definition) is 6. The van der Waals surface area contributed by atoms with E-state index in [0.29, 0.717) is 12.1 Å². The largest absolute Gasteiger partial charge is 0.480 e. The third-order valence-electron chi connectivity index (χ3n) is 4.34. The summed E-state index contributed by atoms with van der Waals surface area (Å²) < 4.78 is 0. The number of aromatic nitrogens is 2. The van der Waals surface area contributed by atoms with Crippen molar-refractivity contribution in [3.05, 3.63) is 18.2 Å². The summed E-state index contributed by atoms with van der Waals surface area (Å²) in [4.78, 5) is 54.1. The second-order valence-electron chi connectivity index (χ2n) is 6.60. The molecule has 0 aliphatic rings. The van der Waals surface area contributed by atoms with Gasteiger partial charge in [0.1, 0.15) is 18.6 Å². The number of nitrogens with one attached hydrogen (secondary N) is 4. The number of imidazole rings is 1. The minimum atomic E-state index is -1.20. The highest BCUT2D eigenvalue weighted by atomic mass is 16.4. The van der Waals surface area contributed by atoms with Crippen molar-refractivity contribution < 1.29 is 24.3 Å². The topological polar surface area (TPSA) is 179 Å². The van der Waals surface area contributed by atoms with Crippen molar-refractivity contribution >= 4 is 23.7 Å². The first kappa shape index (κ1) is 23.1. The molecule has 0 fully saturated rings. The van der Waals surface area contributed by atoms with Crippen molar-refractivity contribution in [2.75, 3.05) is 6.54 Å². The molecule has 0 aromatic carbocycles. The predicted molar refractivity (Wildman–Crippen MR) is 99.9 cm³/mol. The van der Waals surface area contributed by atoms with E-state index in [0.717, 1.165) is 0 Å². The van der Waals surface area contributed by atoms with Gasteiger partial charge in [0, 0.05) is 18.3 Å². The number of nitrogens with two attached hydrogens (primary N) is 1. The molecule has 11 heteroatoms. The number of H-pyrrole nitrogens is 1. The first-order valence-corrected chi connectivity index (χ1v) is 8.98. The highest BCUT2D eigenvalue weighted by molar-refractivity contribution is 5.93. The van der Waals surface area contributed by atoms with Gasteiger partial charge in [-0.2, -0.15) is 0 Å². The van der Waals surface area contributed by atoms with Crippen LogP contribution in [0, 0.1) is 5.92 Å². The molecule has 0 bridgehead atoms. The zero-order valence-corrected chi connectivity index (χ0v) is 16.2. The number of carbonyl (C=O) groups is 4. The Bertz CT molecular complexity index is 678. The average Bonchev–Trinajstić information content (AvgIpc) is 3.16. The van der Waals surface area contributed by atoms with Crippen LogP contribution in [-0.2, 0) is 25.6 Å². The summed E-state index contributed by atoms with van der Waals surface area (Å²) in [6, 6.07) is -2.76. The van der Waals surface area contributed by atoms with E-state index in [9.17, 15) is 19.2 Å². The molecular formula is C17H28N6O5. The molecule has 1 aromatic rings. The van der Waals surface area contributed by atoms with Crippen molar-refractivity contribution in [1.29, 1.82) is 0 Å². The Hall–Kier alpha value is -2.95. The number of carboxylic acids is 1. The lowest BCUT2D eigenvalue weighted by atomic mass is 9.98. The van der Waals surface area contributed by atoms with Gasteiger partial charge in [-0.3, -0.25) is 19.2 Å². The number of carboxylic acid groups (broad SMARTS) is 1. The molecule has 0 aliphatic carbocycles.